The maximum absolute atomic E-state index is 13.1. The molecule has 3 aromatic carbocycles. The van der Waals surface area contributed by atoms with Crippen molar-refractivity contribution in [2.24, 2.45) is 0 Å². The Labute approximate surface area is 296 Å². The lowest BCUT2D eigenvalue weighted by Gasteiger charge is -2.39. The summed E-state index contributed by atoms with van der Waals surface area (Å²) in [4.78, 5) is 14.8. The topological polar surface area (TPSA) is 94.2 Å². The van der Waals surface area contributed by atoms with Gasteiger partial charge in [0, 0.05) is 56.6 Å². The number of benzene rings is 3. The molecule has 0 N–H and O–H groups in total. The van der Waals surface area contributed by atoms with E-state index in [1.54, 1.807) is 19.1 Å². The molecule has 0 saturated carbocycles. The molecule has 2 aliphatic heterocycles. The van der Waals surface area contributed by atoms with Crippen molar-refractivity contribution in [2.75, 3.05) is 60.3 Å². The van der Waals surface area contributed by atoms with Crippen LogP contribution in [0.1, 0.15) is 62.6 Å². The summed E-state index contributed by atoms with van der Waals surface area (Å²) in [6, 6.07) is 22.1. The standard InChI is InChI=1S/C40H53NO9/c1-40(2,3)50-39(42)41-20-19-34(29-15-17-32(18-16-29)46-23-10-22-45-27-31-11-6-7-13-35(31)44-5)37(26-41)48-28-33-25-30-12-8-14-36(38(30)49-33)47-24-9-21-43-4/h6-8,11-18,33-34,37H,9-10,19-28H2,1-5H3. The van der Waals surface area contributed by atoms with Crippen molar-refractivity contribution in [1.29, 1.82) is 0 Å². The van der Waals surface area contributed by atoms with Crippen molar-refractivity contribution in [3.05, 3.63) is 83.4 Å². The van der Waals surface area contributed by atoms with Crippen molar-refractivity contribution in [2.45, 2.75) is 76.8 Å². The van der Waals surface area contributed by atoms with E-state index in [2.05, 4.69) is 18.2 Å². The van der Waals surface area contributed by atoms with Gasteiger partial charge in [-0.2, -0.15) is 0 Å². The highest BCUT2D eigenvalue weighted by Gasteiger charge is 2.36. The molecule has 0 bridgehead atoms. The normalized spacial score (nSPS) is 18.7. The highest BCUT2D eigenvalue weighted by atomic mass is 16.6. The first-order chi connectivity index (χ1) is 24.2. The zero-order valence-electron chi connectivity index (χ0n) is 30.2. The summed E-state index contributed by atoms with van der Waals surface area (Å²) in [6.07, 6.45) is 2.34. The molecule has 3 atom stereocenters. The van der Waals surface area contributed by atoms with Crippen LogP contribution in [0.15, 0.2) is 66.7 Å². The van der Waals surface area contributed by atoms with E-state index in [4.69, 9.17) is 37.9 Å². The van der Waals surface area contributed by atoms with Crippen LogP contribution in [0.3, 0.4) is 0 Å². The molecular weight excluding hydrogens is 638 g/mol. The minimum absolute atomic E-state index is 0.0922. The third-order valence-electron chi connectivity index (χ3n) is 8.71. The lowest BCUT2D eigenvalue weighted by molar-refractivity contribution is -0.0476. The number of rotatable bonds is 17. The van der Waals surface area contributed by atoms with Crippen LogP contribution in [0.5, 0.6) is 23.0 Å². The molecule has 272 valence electrons. The number of hydrogen-bond acceptors (Lipinski definition) is 9. The van der Waals surface area contributed by atoms with Gasteiger partial charge in [-0.25, -0.2) is 4.79 Å². The molecule has 3 aromatic rings. The van der Waals surface area contributed by atoms with Crippen LogP contribution in [0.4, 0.5) is 4.79 Å². The zero-order valence-corrected chi connectivity index (χ0v) is 30.2. The fourth-order valence-corrected chi connectivity index (χ4v) is 6.26. The molecule has 3 unspecified atom stereocenters. The number of fused-ring (bicyclic) bond motifs is 1. The van der Waals surface area contributed by atoms with Crippen molar-refractivity contribution in [3.63, 3.8) is 0 Å². The van der Waals surface area contributed by atoms with E-state index < -0.39 is 5.60 Å². The third-order valence-corrected chi connectivity index (χ3v) is 8.71. The van der Waals surface area contributed by atoms with Crippen molar-refractivity contribution in [1.82, 2.24) is 4.90 Å². The Balaban J connectivity index is 1.15. The summed E-state index contributed by atoms with van der Waals surface area (Å²) >= 11 is 0. The van der Waals surface area contributed by atoms with Crippen molar-refractivity contribution < 1.29 is 42.7 Å². The molecule has 1 amide bonds. The summed E-state index contributed by atoms with van der Waals surface area (Å²) in [5, 5.41) is 0. The quantitative estimate of drug-likeness (QED) is 0.136. The number of carbonyl (C=O) groups is 1. The van der Waals surface area contributed by atoms with Crippen molar-refractivity contribution >= 4 is 6.09 Å². The Kier molecular flexibility index (Phi) is 13.6. The summed E-state index contributed by atoms with van der Waals surface area (Å²) in [6.45, 7) is 9.90. The fourth-order valence-electron chi connectivity index (χ4n) is 6.26. The fraction of sp³-hybridized carbons (Fsp3) is 0.525. The molecule has 0 spiro atoms. The molecule has 10 heteroatoms. The number of carbonyl (C=O) groups excluding carboxylic acids is 1. The maximum Gasteiger partial charge on any atom is 0.410 e. The highest BCUT2D eigenvalue weighted by molar-refractivity contribution is 5.68. The average molecular weight is 692 g/mol. The van der Waals surface area contributed by atoms with Gasteiger partial charge in [0.25, 0.3) is 0 Å². The van der Waals surface area contributed by atoms with Crippen LogP contribution in [0.25, 0.3) is 0 Å². The predicted octanol–water partition coefficient (Wildman–Crippen LogP) is 7.21. The van der Waals surface area contributed by atoms with Gasteiger partial charge in [0.1, 0.15) is 23.2 Å². The largest absolute Gasteiger partial charge is 0.496 e. The van der Waals surface area contributed by atoms with Gasteiger partial charge in [-0.1, -0.05) is 42.5 Å². The van der Waals surface area contributed by atoms with Gasteiger partial charge in [-0.3, -0.25) is 0 Å². The monoisotopic (exact) mass is 691 g/mol. The van der Waals surface area contributed by atoms with Crippen molar-refractivity contribution in [3.8, 4) is 23.0 Å². The van der Waals surface area contributed by atoms with E-state index in [0.717, 1.165) is 65.4 Å². The molecule has 1 fully saturated rings. The predicted molar refractivity (Wildman–Crippen MR) is 191 cm³/mol. The first kappa shape index (κ1) is 37.3. The number of para-hydroxylation sites is 2. The van der Waals surface area contributed by atoms with E-state index in [-0.39, 0.29) is 24.2 Å². The van der Waals surface area contributed by atoms with E-state index >= 15 is 0 Å². The molecular formula is C40H53NO9. The molecule has 5 rings (SSSR count). The van der Waals surface area contributed by atoms with Crippen LogP contribution < -0.4 is 18.9 Å². The maximum atomic E-state index is 13.1. The molecule has 0 aliphatic carbocycles. The van der Waals surface area contributed by atoms with Crippen LogP contribution >= 0.6 is 0 Å². The molecule has 1 saturated heterocycles. The molecule has 50 heavy (non-hydrogen) atoms. The molecule has 10 nitrogen and oxygen atoms in total. The Morgan fingerprint density at radius 1 is 0.880 bits per heavy atom. The van der Waals surface area contributed by atoms with E-state index in [1.165, 1.54) is 0 Å². The summed E-state index contributed by atoms with van der Waals surface area (Å²) in [5.74, 6) is 3.26. The van der Waals surface area contributed by atoms with E-state index in [9.17, 15) is 4.79 Å². The molecule has 0 radical (unpaired) electrons. The van der Waals surface area contributed by atoms with Gasteiger partial charge >= 0.3 is 6.09 Å². The number of piperidine rings is 1. The molecule has 2 aliphatic rings. The Bertz CT molecular complexity index is 1490. The minimum Gasteiger partial charge on any atom is -0.496 e. The Morgan fingerprint density at radius 2 is 1.64 bits per heavy atom. The Hall–Kier alpha value is -3.99. The van der Waals surface area contributed by atoms with Gasteiger partial charge in [0.05, 0.1) is 52.8 Å². The smallest absolute Gasteiger partial charge is 0.410 e. The Morgan fingerprint density at radius 3 is 2.42 bits per heavy atom. The summed E-state index contributed by atoms with van der Waals surface area (Å²) < 4.78 is 47.1. The second-order valence-electron chi connectivity index (χ2n) is 13.7. The first-order valence-electron chi connectivity index (χ1n) is 17.7. The van der Waals surface area contributed by atoms with E-state index in [1.807, 2.05) is 69.3 Å². The number of likely N-dealkylation sites (tertiary alicyclic amines) is 1. The third kappa shape index (κ3) is 10.8. The second-order valence-corrected chi connectivity index (χ2v) is 13.7. The van der Waals surface area contributed by atoms with Gasteiger partial charge in [0.15, 0.2) is 11.5 Å². The van der Waals surface area contributed by atoms with Crippen LogP contribution in [-0.4, -0.2) is 89.1 Å². The van der Waals surface area contributed by atoms with E-state index in [0.29, 0.717) is 52.7 Å². The SMILES string of the molecule is COCCCOc1cccc2c1OC(COC1CN(C(=O)OC(C)(C)C)CCC1c1ccc(OCCCOCc3ccccc3OC)cc1)C2. The van der Waals surface area contributed by atoms with Gasteiger partial charge in [0.2, 0.25) is 0 Å². The number of amides is 1. The number of methoxy groups -OCH3 is 2. The first-order valence-corrected chi connectivity index (χ1v) is 17.7. The van der Waals surface area contributed by atoms with Gasteiger partial charge in [-0.15, -0.1) is 0 Å². The lowest BCUT2D eigenvalue weighted by atomic mass is 9.87. The van der Waals surface area contributed by atoms with Gasteiger partial charge < -0.3 is 42.8 Å². The summed E-state index contributed by atoms with van der Waals surface area (Å²) in [5.41, 5.74) is 2.71. The van der Waals surface area contributed by atoms with Crippen LogP contribution in [0.2, 0.25) is 0 Å². The van der Waals surface area contributed by atoms with Gasteiger partial charge in [-0.05, 0) is 57.0 Å². The van der Waals surface area contributed by atoms with Crippen LogP contribution in [0, 0.1) is 0 Å². The zero-order chi connectivity index (χ0) is 35.3. The highest BCUT2D eigenvalue weighted by Crippen LogP contribution is 2.39. The second kappa shape index (κ2) is 18.3. The van der Waals surface area contributed by atoms with Crippen LogP contribution in [-0.2, 0) is 32.0 Å². The average Bonchev–Trinajstić information content (AvgIpc) is 3.54. The molecule has 2 heterocycles. The summed E-state index contributed by atoms with van der Waals surface area (Å²) in [7, 11) is 3.35. The number of hydrogen-bond donors (Lipinski definition) is 0. The minimum atomic E-state index is -0.575. The lowest BCUT2D eigenvalue weighted by Crippen LogP contribution is -2.49. The number of ether oxygens (including phenoxy) is 8. The number of nitrogens with zero attached hydrogens (tertiary/aromatic N) is 1. The molecule has 0 aromatic heterocycles.